The number of aliphatic hydroxyl groups is 1. The van der Waals surface area contributed by atoms with E-state index < -0.39 is 17.7 Å². The van der Waals surface area contributed by atoms with Crippen molar-refractivity contribution < 1.29 is 24.5 Å². The molecule has 0 aromatic heterocycles. The number of Topliss-reactive ketones (excluding diaryl/α,β-unsaturated/α-hetero) is 1. The second-order valence-electron chi connectivity index (χ2n) is 9.96. The largest absolute Gasteiger partial charge is 0.508 e. The monoisotopic (exact) mass is 449 g/mol. The molecule has 0 spiro atoms. The zero-order chi connectivity index (χ0) is 23.9. The van der Waals surface area contributed by atoms with Gasteiger partial charge in [-0.25, -0.2) is 0 Å². The molecule has 2 unspecified atom stereocenters. The number of carbonyl (C=O) groups excluding carboxylic acids is 2. The molecule has 0 saturated carbocycles. The molecule has 2 aromatic rings. The molecule has 0 aliphatic carbocycles. The first-order chi connectivity index (χ1) is 15.6. The third-order valence-corrected chi connectivity index (χ3v) is 6.53. The molecule has 0 bridgehead atoms. The Morgan fingerprint density at radius 2 is 1.82 bits per heavy atom. The lowest BCUT2D eigenvalue weighted by Gasteiger charge is -2.27. The number of ether oxygens (including phenoxy) is 1. The van der Waals surface area contributed by atoms with Crippen LogP contribution in [0.3, 0.4) is 0 Å². The predicted octanol–water partition coefficient (Wildman–Crippen LogP) is 4.60. The quantitative estimate of drug-likeness (QED) is 0.405. The van der Waals surface area contributed by atoms with E-state index in [9.17, 15) is 19.8 Å². The first-order valence-corrected chi connectivity index (χ1v) is 11.4. The molecular formula is C27H31NO5. The first-order valence-electron chi connectivity index (χ1n) is 11.4. The summed E-state index contributed by atoms with van der Waals surface area (Å²) < 4.78 is 5.73. The number of hydrogen-bond donors (Lipinski definition) is 2. The summed E-state index contributed by atoms with van der Waals surface area (Å²) in [6, 6.07) is 11.5. The summed E-state index contributed by atoms with van der Waals surface area (Å²) in [4.78, 5) is 27.9. The van der Waals surface area contributed by atoms with Crippen LogP contribution in [0.5, 0.6) is 5.75 Å². The van der Waals surface area contributed by atoms with Crippen LogP contribution in [0.2, 0.25) is 0 Å². The Labute approximate surface area is 194 Å². The van der Waals surface area contributed by atoms with Crippen LogP contribution in [0, 0.1) is 6.92 Å². The molecule has 1 amide bonds. The number of aryl methyl sites for hydroxylation is 1. The summed E-state index contributed by atoms with van der Waals surface area (Å²) in [7, 11) is 0. The molecule has 0 radical (unpaired) electrons. The highest BCUT2D eigenvalue weighted by molar-refractivity contribution is 6.46. The minimum atomic E-state index is -0.757. The van der Waals surface area contributed by atoms with Gasteiger partial charge >= 0.3 is 0 Å². The number of aliphatic hydroxyl groups excluding tert-OH is 1. The smallest absolute Gasteiger partial charge is 0.295 e. The van der Waals surface area contributed by atoms with Gasteiger partial charge in [0.1, 0.15) is 11.5 Å². The highest BCUT2D eigenvalue weighted by Gasteiger charge is 2.47. The van der Waals surface area contributed by atoms with Gasteiger partial charge in [-0.1, -0.05) is 45.0 Å². The second-order valence-corrected chi connectivity index (χ2v) is 9.96. The summed E-state index contributed by atoms with van der Waals surface area (Å²) in [5.74, 6) is -1.44. The molecule has 6 nitrogen and oxygen atoms in total. The molecule has 2 N–H and O–H groups in total. The molecule has 2 aliphatic heterocycles. The zero-order valence-electron chi connectivity index (χ0n) is 19.6. The molecule has 2 atom stereocenters. The van der Waals surface area contributed by atoms with Gasteiger partial charge in [0.2, 0.25) is 0 Å². The van der Waals surface area contributed by atoms with E-state index in [4.69, 9.17) is 4.74 Å². The number of hydrogen-bond acceptors (Lipinski definition) is 5. The van der Waals surface area contributed by atoms with Crippen LogP contribution >= 0.6 is 0 Å². The summed E-state index contributed by atoms with van der Waals surface area (Å²) in [6.45, 7) is 9.03. The number of benzene rings is 2. The van der Waals surface area contributed by atoms with Crippen LogP contribution in [0.25, 0.3) is 5.76 Å². The summed E-state index contributed by atoms with van der Waals surface area (Å²) in [5.41, 5.74) is 2.94. The average molecular weight is 450 g/mol. The fraction of sp³-hybridized carbons (Fsp3) is 0.407. The van der Waals surface area contributed by atoms with Crippen molar-refractivity contribution in [3.8, 4) is 5.75 Å². The fourth-order valence-corrected chi connectivity index (χ4v) is 4.57. The van der Waals surface area contributed by atoms with Crippen LogP contribution in [0.1, 0.15) is 61.9 Å². The van der Waals surface area contributed by atoms with Crippen molar-refractivity contribution in [3.05, 3.63) is 70.3 Å². The molecule has 33 heavy (non-hydrogen) atoms. The van der Waals surface area contributed by atoms with Gasteiger partial charge in [-0.05, 0) is 60.1 Å². The predicted molar refractivity (Wildman–Crippen MR) is 126 cm³/mol. The van der Waals surface area contributed by atoms with E-state index in [-0.39, 0.29) is 35.1 Å². The highest BCUT2D eigenvalue weighted by Crippen LogP contribution is 2.41. The highest BCUT2D eigenvalue weighted by atomic mass is 16.5. The number of rotatable bonds is 4. The van der Waals surface area contributed by atoms with Gasteiger partial charge in [0.15, 0.2) is 0 Å². The summed E-state index contributed by atoms with van der Waals surface area (Å²) in [6.07, 6.45) is 1.59. The maximum absolute atomic E-state index is 13.2. The summed E-state index contributed by atoms with van der Waals surface area (Å²) in [5, 5.41) is 21.2. The third kappa shape index (κ3) is 4.40. The lowest BCUT2D eigenvalue weighted by Crippen LogP contribution is -2.36. The van der Waals surface area contributed by atoms with E-state index in [1.807, 2.05) is 25.1 Å². The number of nitrogens with zero attached hydrogens (tertiary/aromatic N) is 1. The lowest BCUT2D eigenvalue weighted by molar-refractivity contribution is -0.140. The van der Waals surface area contributed by atoms with Crippen molar-refractivity contribution in [1.29, 1.82) is 0 Å². The average Bonchev–Trinajstić information content (AvgIpc) is 3.36. The van der Waals surface area contributed by atoms with E-state index in [1.165, 1.54) is 17.0 Å². The van der Waals surface area contributed by atoms with Crippen LogP contribution in [-0.2, 0) is 19.7 Å². The standard InChI is InChI=1S/C27H31NO5/c1-16-7-10-18(27(2,3)4)14-21(16)24(30)22-23(17-8-11-19(29)12-9-17)28(26(32)25(22)31)15-20-6-5-13-33-20/h7-12,14,20,23,29-30H,5-6,13,15H2,1-4H3/b24-22+. The molecule has 2 fully saturated rings. The van der Waals surface area contributed by atoms with Crippen LogP contribution < -0.4 is 0 Å². The minimum absolute atomic E-state index is 0.0674. The van der Waals surface area contributed by atoms with Crippen molar-refractivity contribution in [1.82, 2.24) is 4.90 Å². The Hall–Kier alpha value is -3.12. The molecule has 2 aromatic carbocycles. The molecule has 2 heterocycles. The SMILES string of the molecule is Cc1ccc(C(C)(C)C)cc1/C(O)=C1\C(=O)C(=O)N(CC2CCCO2)C1c1ccc(O)cc1. The van der Waals surface area contributed by atoms with Crippen molar-refractivity contribution >= 4 is 17.4 Å². The Balaban J connectivity index is 1.87. The van der Waals surface area contributed by atoms with Gasteiger partial charge in [0, 0.05) is 18.7 Å². The molecule has 2 saturated heterocycles. The zero-order valence-corrected chi connectivity index (χ0v) is 19.6. The molecular weight excluding hydrogens is 418 g/mol. The number of ketones is 1. The molecule has 4 rings (SSSR count). The normalized spacial score (nSPS) is 22.8. The van der Waals surface area contributed by atoms with Gasteiger partial charge in [-0.2, -0.15) is 0 Å². The Bertz CT molecular complexity index is 1100. The molecule has 6 heteroatoms. The van der Waals surface area contributed by atoms with Gasteiger partial charge in [0.05, 0.1) is 17.7 Å². The van der Waals surface area contributed by atoms with Crippen molar-refractivity contribution in [2.75, 3.05) is 13.2 Å². The number of aromatic hydroxyl groups is 1. The van der Waals surface area contributed by atoms with Gasteiger partial charge < -0.3 is 19.8 Å². The van der Waals surface area contributed by atoms with E-state index in [2.05, 4.69) is 20.8 Å². The maximum atomic E-state index is 13.2. The number of phenols is 1. The number of likely N-dealkylation sites (tertiary alicyclic amines) is 1. The van der Waals surface area contributed by atoms with Crippen LogP contribution in [0.4, 0.5) is 0 Å². The molecule has 174 valence electrons. The van der Waals surface area contributed by atoms with Crippen molar-refractivity contribution in [2.24, 2.45) is 0 Å². The Morgan fingerprint density at radius 1 is 1.12 bits per heavy atom. The second kappa shape index (κ2) is 8.67. The van der Waals surface area contributed by atoms with Gasteiger partial charge in [0.25, 0.3) is 11.7 Å². The van der Waals surface area contributed by atoms with Crippen LogP contribution in [0.15, 0.2) is 48.0 Å². The Morgan fingerprint density at radius 3 is 2.42 bits per heavy atom. The van der Waals surface area contributed by atoms with Gasteiger partial charge in [-0.15, -0.1) is 0 Å². The van der Waals surface area contributed by atoms with Crippen molar-refractivity contribution in [3.63, 3.8) is 0 Å². The third-order valence-electron chi connectivity index (χ3n) is 6.53. The maximum Gasteiger partial charge on any atom is 0.295 e. The molecule has 2 aliphatic rings. The summed E-state index contributed by atoms with van der Waals surface area (Å²) >= 11 is 0. The van der Waals surface area contributed by atoms with E-state index >= 15 is 0 Å². The van der Waals surface area contributed by atoms with E-state index in [1.54, 1.807) is 12.1 Å². The van der Waals surface area contributed by atoms with E-state index in [0.29, 0.717) is 17.7 Å². The van der Waals surface area contributed by atoms with Crippen LogP contribution in [-0.4, -0.2) is 46.1 Å². The van der Waals surface area contributed by atoms with Gasteiger partial charge in [-0.3, -0.25) is 9.59 Å². The number of amides is 1. The number of carbonyl (C=O) groups is 2. The van der Waals surface area contributed by atoms with Crippen molar-refractivity contribution in [2.45, 2.75) is 58.1 Å². The number of phenolic OH excluding ortho intramolecular Hbond substituents is 1. The Kier molecular flexibility index (Phi) is 6.06. The fourth-order valence-electron chi connectivity index (χ4n) is 4.57. The minimum Gasteiger partial charge on any atom is -0.508 e. The topological polar surface area (TPSA) is 87.1 Å². The van der Waals surface area contributed by atoms with E-state index in [0.717, 1.165) is 24.0 Å². The lowest BCUT2D eigenvalue weighted by atomic mass is 9.84. The first kappa shape index (κ1) is 23.1.